The Morgan fingerprint density at radius 3 is 2.26 bits per heavy atom. The standard InChI is InChI=1S/C28H24N2O2S2/c1-32-24-14-12-23(13-15-24)27-18-25(22-10-6-3-7-11-22)26(19-29)28(30-27)33-16-17-34(31)20-21-8-4-2-5-9-21/h2-15,18H,16-17,20H2,1H3/t34-/m0/s1. The van der Waals surface area contributed by atoms with E-state index in [1.54, 1.807) is 7.11 Å². The quantitative estimate of drug-likeness (QED) is 0.260. The highest BCUT2D eigenvalue weighted by Crippen LogP contribution is 2.34. The van der Waals surface area contributed by atoms with E-state index in [0.29, 0.717) is 27.8 Å². The summed E-state index contributed by atoms with van der Waals surface area (Å²) in [5.41, 5.74) is 5.14. The molecule has 0 unspecified atom stereocenters. The van der Waals surface area contributed by atoms with Crippen LogP contribution in [0.25, 0.3) is 22.4 Å². The molecule has 0 N–H and O–H groups in total. The first-order valence-corrected chi connectivity index (χ1v) is 13.3. The van der Waals surface area contributed by atoms with Gasteiger partial charge in [-0.1, -0.05) is 60.7 Å². The van der Waals surface area contributed by atoms with Crippen LogP contribution in [-0.4, -0.2) is 27.8 Å². The molecule has 0 fully saturated rings. The van der Waals surface area contributed by atoms with E-state index in [2.05, 4.69) is 6.07 Å². The fourth-order valence-corrected chi connectivity index (χ4v) is 5.99. The Morgan fingerprint density at radius 2 is 1.62 bits per heavy atom. The fraction of sp³-hybridized carbons (Fsp3) is 0.143. The number of ether oxygens (including phenoxy) is 1. The van der Waals surface area contributed by atoms with Crippen molar-refractivity contribution in [3.8, 4) is 34.2 Å². The molecule has 0 saturated carbocycles. The van der Waals surface area contributed by atoms with Gasteiger partial charge < -0.3 is 4.74 Å². The van der Waals surface area contributed by atoms with E-state index in [-0.39, 0.29) is 0 Å². The number of nitriles is 1. The lowest BCUT2D eigenvalue weighted by Gasteiger charge is -2.13. The van der Waals surface area contributed by atoms with Crippen LogP contribution in [0.4, 0.5) is 0 Å². The maximum Gasteiger partial charge on any atom is 0.118 e. The lowest BCUT2D eigenvalue weighted by molar-refractivity contribution is 0.415. The molecule has 1 aromatic heterocycles. The van der Waals surface area contributed by atoms with Crippen LogP contribution >= 0.6 is 11.8 Å². The molecular formula is C28H24N2O2S2. The third kappa shape index (κ3) is 5.93. The topological polar surface area (TPSA) is 63.0 Å². The SMILES string of the molecule is COc1ccc(-c2cc(-c3ccccc3)c(C#N)c(SCC[S@](=O)Cc3ccccc3)n2)cc1. The molecule has 170 valence electrons. The van der Waals surface area contributed by atoms with Crippen LogP contribution < -0.4 is 4.74 Å². The van der Waals surface area contributed by atoms with Gasteiger partial charge in [-0.3, -0.25) is 4.21 Å². The second-order valence-corrected chi connectivity index (χ2v) is 10.2. The molecule has 0 radical (unpaired) electrons. The molecule has 0 bridgehead atoms. The van der Waals surface area contributed by atoms with Gasteiger partial charge in [0.05, 0.1) is 18.4 Å². The molecule has 4 aromatic rings. The average Bonchev–Trinajstić information content (AvgIpc) is 2.89. The summed E-state index contributed by atoms with van der Waals surface area (Å²) in [6.07, 6.45) is 0. The van der Waals surface area contributed by atoms with Gasteiger partial charge >= 0.3 is 0 Å². The molecule has 0 spiro atoms. The zero-order valence-corrected chi connectivity index (χ0v) is 20.4. The molecule has 0 amide bonds. The Bertz CT molecular complexity index is 1300. The van der Waals surface area contributed by atoms with Gasteiger partial charge in [0.15, 0.2) is 0 Å². The molecule has 0 aliphatic carbocycles. The van der Waals surface area contributed by atoms with Crippen molar-refractivity contribution in [1.82, 2.24) is 4.98 Å². The molecule has 3 aromatic carbocycles. The van der Waals surface area contributed by atoms with E-state index in [1.165, 1.54) is 11.8 Å². The first-order valence-electron chi connectivity index (χ1n) is 10.8. The van der Waals surface area contributed by atoms with Crippen molar-refractivity contribution in [2.24, 2.45) is 0 Å². The number of methoxy groups -OCH3 is 1. The Labute approximate surface area is 207 Å². The number of aromatic nitrogens is 1. The minimum Gasteiger partial charge on any atom is -0.497 e. The van der Waals surface area contributed by atoms with Crippen LogP contribution in [0.1, 0.15) is 11.1 Å². The van der Waals surface area contributed by atoms with E-state index in [4.69, 9.17) is 9.72 Å². The number of thioether (sulfide) groups is 1. The average molecular weight is 485 g/mol. The van der Waals surface area contributed by atoms with Gasteiger partial charge in [0.2, 0.25) is 0 Å². The van der Waals surface area contributed by atoms with E-state index < -0.39 is 10.8 Å². The summed E-state index contributed by atoms with van der Waals surface area (Å²) in [7, 11) is 0.653. The molecule has 4 rings (SSSR count). The Kier molecular flexibility index (Phi) is 8.13. The van der Waals surface area contributed by atoms with E-state index in [9.17, 15) is 9.47 Å². The number of hydrogen-bond donors (Lipinski definition) is 0. The highest BCUT2D eigenvalue weighted by atomic mass is 32.2. The third-order valence-electron chi connectivity index (χ3n) is 5.29. The van der Waals surface area contributed by atoms with Crippen LogP contribution in [0.15, 0.2) is 96.0 Å². The van der Waals surface area contributed by atoms with Gasteiger partial charge in [-0.05, 0) is 41.5 Å². The molecule has 0 aliphatic rings. The molecule has 34 heavy (non-hydrogen) atoms. The van der Waals surface area contributed by atoms with E-state index in [1.807, 2.05) is 91.0 Å². The summed E-state index contributed by atoms with van der Waals surface area (Å²) in [6.45, 7) is 0. The maximum atomic E-state index is 12.6. The number of pyridine rings is 1. The number of nitrogens with zero attached hydrogens (tertiary/aromatic N) is 2. The van der Waals surface area contributed by atoms with Crippen LogP contribution in [0.2, 0.25) is 0 Å². The van der Waals surface area contributed by atoms with Gasteiger partial charge in [0.1, 0.15) is 16.8 Å². The molecular weight excluding hydrogens is 460 g/mol. The van der Waals surface area contributed by atoms with Crippen molar-refractivity contribution >= 4 is 22.6 Å². The molecule has 0 saturated heterocycles. The van der Waals surface area contributed by atoms with Crippen LogP contribution in [0.3, 0.4) is 0 Å². The number of benzene rings is 3. The lowest BCUT2D eigenvalue weighted by Crippen LogP contribution is -2.04. The van der Waals surface area contributed by atoms with Crippen LogP contribution in [0, 0.1) is 11.3 Å². The summed E-state index contributed by atoms with van der Waals surface area (Å²) in [6, 6.07) is 31.8. The normalized spacial score (nSPS) is 11.5. The van der Waals surface area contributed by atoms with Gasteiger partial charge in [-0.2, -0.15) is 5.26 Å². The second kappa shape index (κ2) is 11.6. The Balaban J connectivity index is 1.62. The smallest absolute Gasteiger partial charge is 0.118 e. The maximum absolute atomic E-state index is 12.6. The summed E-state index contributed by atoms with van der Waals surface area (Å²) in [5.74, 6) is 2.44. The molecule has 4 nitrogen and oxygen atoms in total. The fourth-order valence-electron chi connectivity index (χ4n) is 3.55. The van der Waals surface area contributed by atoms with Gasteiger partial charge in [0.25, 0.3) is 0 Å². The van der Waals surface area contributed by atoms with Crippen molar-refractivity contribution in [2.75, 3.05) is 18.6 Å². The Hall–Kier alpha value is -3.40. The zero-order chi connectivity index (χ0) is 23.8. The van der Waals surface area contributed by atoms with Gasteiger partial charge in [-0.15, -0.1) is 11.8 Å². The van der Waals surface area contributed by atoms with Crippen molar-refractivity contribution in [3.05, 3.63) is 102 Å². The highest BCUT2D eigenvalue weighted by molar-refractivity contribution is 8.00. The Morgan fingerprint density at radius 1 is 0.941 bits per heavy atom. The number of rotatable bonds is 9. The summed E-state index contributed by atoms with van der Waals surface area (Å²) < 4.78 is 17.9. The lowest BCUT2D eigenvalue weighted by atomic mass is 9.99. The molecule has 1 atom stereocenters. The second-order valence-electron chi connectivity index (χ2n) is 7.56. The van der Waals surface area contributed by atoms with E-state index in [0.717, 1.165) is 33.7 Å². The minimum atomic E-state index is -0.985. The van der Waals surface area contributed by atoms with Crippen molar-refractivity contribution in [3.63, 3.8) is 0 Å². The number of hydrogen-bond acceptors (Lipinski definition) is 5. The van der Waals surface area contributed by atoms with Crippen molar-refractivity contribution < 1.29 is 8.95 Å². The molecule has 1 heterocycles. The zero-order valence-electron chi connectivity index (χ0n) is 18.8. The van der Waals surface area contributed by atoms with Crippen LogP contribution in [-0.2, 0) is 16.6 Å². The summed E-state index contributed by atoms with van der Waals surface area (Å²) in [4.78, 5) is 4.84. The minimum absolute atomic E-state index is 0.527. The third-order valence-corrected chi connectivity index (χ3v) is 7.84. The molecule has 0 aliphatic heterocycles. The van der Waals surface area contributed by atoms with Crippen molar-refractivity contribution in [2.45, 2.75) is 10.8 Å². The summed E-state index contributed by atoms with van der Waals surface area (Å²) in [5, 5.41) is 10.7. The molecule has 6 heteroatoms. The summed E-state index contributed by atoms with van der Waals surface area (Å²) >= 11 is 1.48. The van der Waals surface area contributed by atoms with Crippen LogP contribution in [0.5, 0.6) is 5.75 Å². The monoisotopic (exact) mass is 484 g/mol. The first kappa shape index (κ1) is 23.7. The van der Waals surface area contributed by atoms with Crippen molar-refractivity contribution in [1.29, 1.82) is 5.26 Å². The van der Waals surface area contributed by atoms with E-state index >= 15 is 0 Å². The predicted molar refractivity (Wildman–Crippen MR) is 140 cm³/mol. The highest BCUT2D eigenvalue weighted by Gasteiger charge is 2.16. The van der Waals surface area contributed by atoms with Gasteiger partial charge in [0, 0.05) is 39.2 Å². The first-order chi connectivity index (χ1) is 16.7. The predicted octanol–water partition coefficient (Wildman–Crippen LogP) is 6.34. The largest absolute Gasteiger partial charge is 0.497 e. The van der Waals surface area contributed by atoms with Gasteiger partial charge in [-0.25, -0.2) is 4.98 Å².